The van der Waals surface area contributed by atoms with Gasteiger partial charge in [-0.25, -0.2) is 4.68 Å². The molecule has 1 aliphatic heterocycles. The number of nitrogens with one attached hydrogen (secondary N) is 1. The van der Waals surface area contributed by atoms with Crippen LogP contribution in [0.5, 0.6) is 0 Å². The average Bonchev–Trinajstić information content (AvgIpc) is 3.48. The van der Waals surface area contributed by atoms with E-state index in [-0.39, 0.29) is 6.04 Å². The van der Waals surface area contributed by atoms with Crippen LogP contribution in [-0.2, 0) is 0 Å². The van der Waals surface area contributed by atoms with Crippen molar-refractivity contribution in [2.24, 2.45) is 0 Å². The second kappa shape index (κ2) is 7.31. The summed E-state index contributed by atoms with van der Waals surface area (Å²) in [6, 6.07) is 14.2. The van der Waals surface area contributed by atoms with E-state index >= 15 is 0 Å². The van der Waals surface area contributed by atoms with Gasteiger partial charge in [0.1, 0.15) is 5.69 Å². The van der Waals surface area contributed by atoms with E-state index in [4.69, 9.17) is 14.6 Å². The predicted molar refractivity (Wildman–Crippen MR) is 108 cm³/mol. The molecule has 0 radical (unpaired) electrons. The molecule has 1 saturated heterocycles. The van der Waals surface area contributed by atoms with Crippen LogP contribution >= 0.6 is 11.3 Å². The normalized spacial score (nSPS) is 17.8. The summed E-state index contributed by atoms with van der Waals surface area (Å²) < 4.78 is 7.54. The van der Waals surface area contributed by atoms with Crippen LogP contribution in [0.1, 0.15) is 11.9 Å². The second-order valence-corrected chi connectivity index (χ2v) is 7.75. The summed E-state index contributed by atoms with van der Waals surface area (Å²) in [6.07, 6.45) is 1.96. The van der Waals surface area contributed by atoms with Crippen molar-refractivity contribution in [3.05, 3.63) is 59.9 Å². The fourth-order valence-electron chi connectivity index (χ4n) is 3.41. The van der Waals surface area contributed by atoms with Crippen LogP contribution < -0.4 is 5.32 Å². The van der Waals surface area contributed by atoms with Crippen molar-refractivity contribution in [2.75, 3.05) is 26.7 Å². The number of aromatic nitrogens is 4. The molecule has 5 rings (SSSR count). The fraction of sp³-hybridized carbons (Fsp3) is 0.250. The van der Waals surface area contributed by atoms with Crippen LogP contribution in [0, 0.1) is 0 Å². The number of benzene rings is 1. The molecule has 0 spiro atoms. The number of thiophene rings is 1. The van der Waals surface area contributed by atoms with Crippen molar-refractivity contribution in [3.8, 4) is 27.7 Å². The number of hydrogen-bond acceptors (Lipinski definition) is 7. The Bertz CT molecular complexity index is 1060. The Hall–Kier alpha value is -2.81. The van der Waals surface area contributed by atoms with Crippen molar-refractivity contribution in [1.82, 2.24) is 30.1 Å². The first-order valence-corrected chi connectivity index (χ1v) is 10.1. The highest BCUT2D eigenvalue weighted by atomic mass is 32.1. The van der Waals surface area contributed by atoms with Crippen LogP contribution in [0.3, 0.4) is 0 Å². The van der Waals surface area contributed by atoms with Gasteiger partial charge in [-0.2, -0.15) is 10.1 Å². The van der Waals surface area contributed by atoms with Crippen molar-refractivity contribution in [1.29, 1.82) is 0 Å². The van der Waals surface area contributed by atoms with Crippen molar-refractivity contribution < 1.29 is 4.52 Å². The minimum Gasteiger partial charge on any atom is -0.334 e. The minimum absolute atomic E-state index is 0.112. The molecule has 0 amide bonds. The smallest absolute Gasteiger partial charge is 0.261 e. The zero-order valence-electron chi connectivity index (χ0n) is 15.4. The zero-order valence-corrected chi connectivity index (χ0v) is 16.3. The molecule has 3 aromatic heterocycles. The topological polar surface area (TPSA) is 72.0 Å². The first-order valence-electron chi connectivity index (χ1n) is 9.23. The Kier molecular flexibility index (Phi) is 4.52. The molecule has 0 bridgehead atoms. The monoisotopic (exact) mass is 392 g/mol. The van der Waals surface area contributed by atoms with Crippen molar-refractivity contribution >= 4 is 11.3 Å². The Morgan fingerprint density at radius 2 is 2.07 bits per heavy atom. The molecule has 1 unspecified atom stereocenters. The summed E-state index contributed by atoms with van der Waals surface area (Å²) >= 11 is 1.64. The standard InChI is InChI=1S/C20H20N6OS/c1-25-10-9-21-12-16(25)19-22-20(27-24-19)15-13-26(14-6-3-2-4-7-14)23-18(15)17-8-5-11-28-17/h2-8,11,13,16,21H,9-10,12H2,1H3. The fourth-order valence-corrected chi connectivity index (χ4v) is 4.14. The van der Waals surface area contributed by atoms with E-state index in [1.807, 2.05) is 52.7 Å². The highest BCUT2D eigenvalue weighted by Crippen LogP contribution is 2.34. The molecule has 1 aromatic carbocycles. The summed E-state index contributed by atoms with van der Waals surface area (Å²) in [7, 11) is 2.09. The van der Waals surface area contributed by atoms with Gasteiger partial charge in [0.15, 0.2) is 5.82 Å². The first kappa shape index (κ1) is 17.3. The summed E-state index contributed by atoms with van der Waals surface area (Å²) in [5.74, 6) is 1.20. The molecule has 1 N–H and O–H groups in total. The molecule has 1 aliphatic rings. The number of rotatable bonds is 4. The van der Waals surface area contributed by atoms with Gasteiger partial charge in [0.2, 0.25) is 0 Å². The Morgan fingerprint density at radius 3 is 2.86 bits per heavy atom. The SMILES string of the molecule is CN1CCNCC1c1noc(-c2cn(-c3ccccc3)nc2-c2cccs2)n1. The van der Waals surface area contributed by atoms with Gasteiger partial charge in [-0.1, -0.05) is 29.4 Å². The Balaban J connectivity index is 1.57. The summed E-state index contributed by atoms with van der Waals surface area (Å²) in [5, 5.41) is 14.5. The number of hydrogen-bond donors (Lipinski definition) is 1. The maximum Gasteiger partial charge on any atom is 0.261 e. The van der Waals surface area contributed by atoms with E-state index in [1.165, 1.54) is 0 Å². The van der Waals surface area contributed by atoms with E-state index < -0.39 is 0 Å². The molecule has 1 atom stereocenters. The summed E-state index contributed by atoms with van der Waals surface area (Å²) in [6.45, 7) is 2.75. The van der Waals surface area contributed by atoms with Crippen molar-refractivity contribution in [3.63, 3.8) is 0 Å². The second-order valence-electron chi connectivity index (χ2n) is 6.81. The van der Waals surface area contributed by atoms with Gasteiger partial charge in [-0.3, -0.25) is 4.90 Å². The number of para-hydroxylation sites is 1. The molecule has 8 heteroatoms. The van der Waals surface area contributed by atoms with Crippen LogP contribution in [0.25, 0.3) is 27.7 Å². The Morgan fingerprint density at radius 1 is 1.18 bits per heavy atom. The number of likely N-dealkylation sites (N-methyl/N-ethyl adjacent to an activating group) is 1. The lowest BCUT2D eigenvalue weighted by atomic mass is 10.2. The van der Waals surface area contributed by atoms with Crippen molar-refractivity contribution in [2.45, 2.75) is 6.04 Å². The van der Waals surface area contributed by atoms with Crippen LogP contribution in [0.2, 0.25) is 0 Å². The molecule has 4 heterocycles. The van der Waals surface area contributed by atoms with E-state index in [0.29, 0.717) is 11.7 Å². The first-order chi connectivity index (χ1) is 13.8. The Labute approximate surface area is 166 Å². The third kappa shape index (κ3) is 3.15. The van der Waals surface area contributed by atoms with Gasteiger partial charge in [0.05, 0.1) is 22.2 Å². The lowest BCUT2D eigenvalue weighted by Crippen LogP contribution is -2.44. The molecule has 7 nitrogen and oxygen atoms in total. The van der Waals surface area contributed by atoms with Crippen LogP contribution in [0.15, 0.2) is 58.6 Å². The van der Waals surface area contributed by atoms with Gasteiger partial charge in [-0.05, 0) is 30.6 Å². The number of nitrogens with zero attached hydrogens (tertiary/aromatic N) is 5. The van der Waals surface area contributed by atoms with Gasteiger partial charge >= 0.3 is 0 Å². The van der Waals surface area contributed by atoms with E-state index in [2.05, 4.69) is 28.5 Å². The molecule has 4 aromatic rings. The van der Waals surface area contributed by atoms with Gasteiger partial charge < -0.3 is 9.84 Å². The minimum atomic E-state index is 0.112. The molecule has 28 heavy (non-hydrogen) atoms. The highest BCUT2D eigenvalue weighted by molar-refractivity contribution is 7.13. The maximum atomic E-state index is 5.68. The number of piperazine rings is 1. The molecule has 0 aliphatic carbocycles. The predicted octanol–water partition coefficient (Wildman–Crippen LogP) is 3.23. The zero-order chi connectivity index (χ0) is 18.9. The van der Waals surface area contributed by atoms with Gasteiger partial charge in [0, 0.05) is 25.8 Å². The van der Waals surface area contributed by atoms with Crippen LogP contribution in [0.4, 0.5) is 0 Å². The lowest BCUT2D eigenvalue weighted by Gasteiger charge is -2.30. The quantitative estimate of drug-likeness (QED) is 0.575. The van der Waals surface area contributed by atoms with E-state index in [9.17, 15) is 0 Å². The average molecular weight is 392 g/mol. The largest absolute Gasteiger partial charge is 0.334 e. The van der Waals surface area contributed by atoms with Gasteiger partial charge in [0.25, 0.3) is 5.89 Å². The molecule has 1 fully saturated rings. The third-order valence-electron chi connectivity index (χ3n) is 4.97. The third-order valence-corrected chi connectivity index (χ3v) is 5.85. The molecular weight excluding hydrogens is 372 g/mol. The lowest BCUT2D eigenvalue weighted by molar-refractivity contribution is 0.190. The molecule has 142 valence electrons. The van der Waals surface area contributed by atoms with E-state index in [0.717, 1.165) is 41.5 Å². The summed E-state index contributed by atoms with van der Waals surface area (Å²) in [4.78, 5) is 8.04. The molecule has 0 saturated carbocycles. The van der Waals surface area contributed by atoms with Crippen LogP contribution in [-0.4, -0.2) is 51.5 Å². The maximum absolute atomic E-state index is 5.68. The molecular formula is C20H20N6OS. The van der Waals surface area contributed by atoms with E-state index in [1.54, 1.807) is 11.3 Å². The van der Waals surface area contributed by atoms with Gasteiger partial charge in [-0.15, -0.1) is 11.3 Å². The highest BCUT2D eigenvalue weighted by Gasteiger charge is 2.27. The summed E-state index contributed by atoms with van der Waals surface area (Å²) in [5.41, 5.74) is 2.68.